The van der Waals surface area contributed by atoms with Crippen LogP contribution in [0.1, 0.15) is 19.4 Å². The van der Waals surface area contributed by atoms with Gasteiger partial charge in [-0.25, -0.2) is 4.79 Å². The summed E-state index contributed by atoms with van der Waals surface area (Å²) in [6.07, 6.45) is 1.63. The Kier molecular flexibility index (Phi) is 4.15. The predicted octanol–water partition coefficient (Wildman–Crippen LogP) is 2.40. The highest BCUT2D eigenvalue weighted by molar-refractivity contribution is 5.92. The van der Waals surface area contributed by atoms with Crippen molar-refractivity contribution in [2.75, 3.05) is 12.8 Å². The molecule has 0 saturated heterocycles. The minimum atomic E-state index is -0.907. The van der Waals surface area contributed by atoms with Crippen molar-refractivity contribution >= 4 is 17.7 Å². The van der Waals surface area contributed by atoms with E-state index in [4.69, 9.17) is 15.6 Å². The summed E-state index contributed by atoms with van der Waals surface area (Å²) in [7, 11) is 1.53. The van der Waals surface area contributed by atoms with Crippen LogP contribution in [0.15, 0.2) is 23.8 Å². The molecule has 4 heteroatoms. The maximum absolute atomic E-state index is 11.0. The summed E-state index contributed by atoms with van der Waals surface area (Å²) < 4.78 is 5.09. The number of carbonyl (C=O) groups is 1. The summed E-state index contributed by atoms with van der Waals surface area (Å²) in [5.41, 5.74) is 7.35. The van der Waals surface area contributed by atoms with Crippen LogP contribution in [-0.2, 0) is 4.79 Å². The zero-order valence-electron chi connectivity index (χ0n) is 10.2. The van der Waals surface area contributed by atoms with Crippen molar-refractivity contribution in [3.8, 4) is 5.75 Å². The van der Waals surface area contributed by atoms with Gasteiger partial charge in [-0.1, -0.05) is 19.9 Å². The Morgan fingerprint density at radius 3 is 2.59 bits per heavy atom. The number of methoxy groups -OCH3 is 1. The van der Waals surface area contributed by atoms with Gasteiger partial charge in [0.05, 0.1) is 12.8 Å². The lowest BCUT2D eigenvalue weighted by molar-refractivity contribution is -0.133. The van der Waals surface area contributed by atoms with Crippen LogP contribution < -0.4 is 10.5 Å². The zero-order chi connectivity index (χ0) is 13.0. The molecule has 0 aliphatic rings. The molecule has 3 N–H and O–H groups in total. The average molecular weight is 235 g/mol. The lowest BCUT2D eigenvalue weighted by atomic mass is 10.0. The number of hydrogen-bond acceptors (Lipinski definition) is 3. The fourth-order valence-electron chi connectivity index (χ4n) is 1.47. The van der Waals surface area contributed by atoms with Gasteiger partial charge in [0.1, 0.15) is 5.75 Å². The monoisotopic (exact) mass is 235 g/mol. The Labute approximate surface area is 101 Å². The Hall–Kier alpha value is -1.97. The van der Waals surface area contributed by atoms with Gasteiger partial charge in [-0.2, -0.15) is 0 Å². The largest absolute Gasteiger partial charge is 0.495 e. The molecule has 0 heterocycles. The number of carboxylic acid groups (broad SMARTS) is 1. The van der Waals surface area contributed by atoms with Gasteiger partial charge in [-0.3, -0.25) is 0 Å². The highest BCUT2D eigenvalue weighted by Gasteiger charge is 2.12. The fraction of sp³-hybridized carbons (Fsp3) is 0.308. The van der Waals surface area contributed by atoms with E-state index in [2.05, 4.69) is 0 Å². The highest BCUT2D eigenvalue weighted by atomic mass is 16.5. The van der Waals surface area contributed by atoms with Crippen molar-refractivity contribution in [3.05, 3.63) is 29.3 Å². The van der Waals surface area contributed by atoms with E-state index in [1.165, 1.54) is 7.11 Å². The smallest absolute Gasteiger partial charge is 0.331 e. The second-order valence-electron chi connectivity index (χ2n) is 4.06. The molecule has 0 aromatic heterocycles. The summed E-state index contributed by atoms with van der Waals surface area (Å²) in [4.78, 5) is 11.0. The SMILES string of the molecule is COc1cc(C=C(C(=O)O)C(C)C)ccc1N. The number of nitrogen functional groups attached to an aromatic ring is 1. The number of benzene rings is 1. The van der Waals surface area contributed by atoms with E-state index in [1.54, 1.807) is 24.3 Å². The number of aliphatic carboxylic acids is 1. The summed E-state index contributed by atoms with van der Waals surface area (Å²) in [6, 6.07) is 5.19. The third-order valence-corrected chi connectivity index (χ3v) is 2.45. The fourth-order valence-corrected chi connectivity index (χ4v) is 1.47. The Balaban J connectivity index is 3.16. The van der Waals surface area contributed by atoms with Crippen LogP contribution in [-0.4, -0.2) is 18.2 Å². The maximum atomic E-state index is 11.0. The molecule has 1 rings (SSSR count). The third-order valence-electron chi connectivity index (χ3n) is 2.45. The molecule has 0 atom stereocenters. The quantitative estimate of drug-likeness (QED) is 0.621. The normalized spacial score (nSPS) is 11.6. The van der Waals surface area contributed by atoms with Crippen LogP contribution in [0.25, 0.3) is 6.08 Å². The van der Waals surface area contributed by atoms with Crippen LogP contribution in [0.3, 0.4) is 0 Å². The van der Waals surface area contributed by atoms with Gasteiger partial charge in [0.25, 0.3) is 0 Å². The molecule has 92 valence electrons. The number of hydrogen-bond donors (Lipinski definition) is 2. The second-order valence-corrected chi connectivity index (χ2v) is 4.06. The molecule has 0 unspecified atom stereocenters. The summed E-state index contributed by atoms with van der Waals surface area (Å²) >= 11 is 0. The minimum Gasteiger partial charge on any atom is -0.495 e. The first-order chi connectivity index (χ1) is 7.95. The number of carboxylic acids is 1. The second kappa shape index (κ2) is 5.39. The van der Waals surface area contributed by atoms with Crippen molar-refractivity contribution in [2.24, 2.45) is 5.92 Å². The number of rotatable bonds is 4. The summed E-state index contributed by atoms with van der Waals surface area (Å²) in [5, 5.41) is 9.06. The standard InChI is InChI=1S/C13H17NO3/c1-8(2)10(13(15)16)6-9-4-5-11(14)12(7-9)17-3/h4-8H,14H2,1-3H3,(H,15,16). The first-order valence-electron chi connectivity index (χ1n) is 5.34. The zero-order valence-corrected chi connectivity index (χ0v) is 10.2. The van der Waals surface area contributed by atoms with Gasteiger partial charge < -0.3 is 15.6 Å². The van der Waals surface area contributed by atoms with Crippen LogP contribution in [0.2, 0.25) is 0 Å². The molecule has 0 aliphatic carbocycles. The Morgan fingerprint density at radius 1 is 1.47 bits per heavy atom. The summed E-state index contributed by atoms with van der Waals surface area (Å²) in [6.45, 7) is 3.68. The van der Waals surface area contributed by atoms with Crippen LogP contribution >= 0.6 is 0 Å². The van der Waals surface area contributed by atoms with Gasteiger partial charge in [0.2, 0.25) is 0 Å². The third kappa shape index (κ3) is 3.24. The first kappa shape index (κ1) is 13.1. The van der Waals surface area contributed by atoms with Crippen molar-refractivity contribution in [2.45, 2.75) is 13.8 Å². The molecule has 1 aromatic carbocycles. The number of ether oxygens (including phenoxy) is 1. The molecule has 0 spiro atoms. The van der Waals surface area contributed by atoms with E-state index in [1.807, 2.05) is 13.8 Å². The van der Waals surface area contributed by atoms with Crippen LogP contribution in [0.5, 0.6) is 5.75 Å². The molecular formula is C13H17NO3. The van der Waals surface area contributed by atoms with Gasteiger partial charge >= 0.3 is 5.97 Å². The summed E-state index contributed by atoms with van der Waals surface area (Å²) in [5.74, 6) is -0.404. The van der Waals surface area contributed by atoms with E-state index in [0.717, 1.165) is 5.56 Å². The van der Waals surface area contributed by atoms with Crippen LogP contribution in [0.4, 0.5) is 5.69 Å². The van der Waals surface area contributed by atoms with Crippen molar-refractivity contribution in [1.29, 1.82) is 0 Å². The minimum absolute atomic E-state index is 0.0453. The molecule has 0 aliphatic heterocycles. The number of nitrogens with two attached hydrogens (primary N) is 1. The van der Waals surface area contributed by atoms with Gasteiger partial charge in [-0.15, -0.1) is 0 Å². The van der Waals surface area contributed by atoms with Crippen molar-refractivity contribution in [3.63, 3.8) is 0 Å². The van der Waals surface area contributed by atoms with Crippen LogP contribution in [0, 0.1) is 5.92 Å². The number of anilines is 1. The van der Waals surface area contributed by atoms with Gasteiger partial charge in [0.15, 0.2) is 0 Å². The van der Waals surface area contributed by atoms with Gasteiger partial charge in [-0.05, 0) is 29.7 Å². The molecule has 4 nitrogen and oxygen atoms in total. The maximum Gasteiger partial charge on any atom is 0.331 e. The molecule has 1 aromatic rings. The molecule has 0 amide bonds. The lowest BCUT2D eigenvalue weighted by Crippen LogP contribution is -2.06. The Morgan fingerprint density at radius 2 is 2.12 bits per heavy atom. The molecule has 0 saturated carbocycles. The van der Waals surface area contributed by atoms with Crippen molar-refractivity contribution in [1.82, 2.24) is 0 Å². The molecule has 17 heavy (non-hydrogen) atoms. The Bertz CT molecular complexity index is 450. The van der Waals surface area contributed by atoms with E-state index >= 15 is 0 Å². The topological polar surface area (TPSA) is 72.5 Å². The average Bonchev–Trinajstić information content (AvgIpc) is 2.26. The predicted molar refractivity (Wildman–Crippen MR) is 67.9 cm³/mol. The van der Waals surface area contributed by atoms with Crippen molar-refractivity contribution < 1.29 is 14.6 Å². The molecular weight excluding hydrogens is 218 g/mol. The van der Waals surface area contributed by atoms with E-state index < -0.39 is 5.97 Å². The molecule has 0 bridgehead atoms. The highest BCUT2D eigenvalue weighted by Crippen LogP contribution is 2.24. The first-order valence-corrected chi connectivity index (χ1v) is 5.34. The van der Waals surface area contributed by atoms with E-state index in [0.29, 0.717) is 17.0 Å². The molecule has 0 fully saturated rings. The van der Waals surface area contributed by atoms with Gasteiger partial charge in [0, 0.05) is 5.57 Å². The van der Waals surface area contributed by atoms with E-state index in [-0.39, 0.29) is 5.92 Å². The lowest BCUT2D eigenvalue weighted by Gasteiger charge is -2.08. The van der Waals surface area contributed by atoms with E-state index in [9.17, 15) is 4.79 Å². The molecule has 0 radical (unpaired) electrons.